The first-order valence-corrected chi connectivity index (χ1v) is 7.65. The van der Waals surface area contributed by atoms with Gasteiger partial charge in [0.1, 0.15) is 17.7 Å². The van der Waals surface area contributed by atoms with Gasteiger partial charge in [0, 0.05) is 30.6 Å². The smallest absolute Gasteiger partial charge is 0.252 e. The molecule has 3 rings (SSSR count). The van der Waals surface area contributed by atoms with Gasteiger partial charge in [-0.3, -0.25) is 4.79 Å². The van der Waals surface area contributed by atoms with Crippen LogP contribution in [-0.4, -0.2) is 15.5 Å². The molecule has 24 heavy (non-hydrogen) atoms. The summed E-state index contributed by atoms with van der Waals surface area (Å²) in [4.78, 5) is 16.9. The molecule has 1 aromatic heterocycles. The van der Waals surface area contributed by atoms with Crippen molar-refractivity contribution < 1.29 is 9.18 Å². The SMILES string of the molecule is Cc1cccc(C(=O)NC(c2ccccc2F)c2nccn2C)c1. The van der Waals surface area contributed by atoms with Gasteiger partial charge in [0.05, 0.1) is 0 Å². The third kappa shape index (κ3) is 3.20. The molecule has 0 radical (unpaired) electrons. The van der Waals surface area contributed by atoms with E-state index in [0.29, 0.717) is 17.0 Å². The monoisotopic (exact) mass is 323 g/mol. The van der Waals surface area contributed by atoms with E-state index in [-0.39, 0.29) is 11.7 Å². The van der Waals surface area contributed by atoms with E-state index in [1.807, 2.05) is 26.1 Å². The molecule has 4 nitrogen and oxygen atoms in total. The summed E-state index contributed by atoms with van der Waals surface area (Å²) < 4.78 is 16.1. The molecule has 1 N–H and O–H groups in total. The number of hydrogen-bond acceptors (Lipinski definition) is 2. The number of nitrogens with one attached hydrogen (secondary N) is 1. The van der Waals surface area contributed by atoms with Crippen molar-refractivity contribution in [2.45, 2.75) is 13.0 Å². The summed E-state index contributed by atoms with van der Waals surface area (Å²) in [5, 5.41) is 2.90. The topological polar surface area (TPSA) is 46.9 Å². The van der Waals surface area contributed by atoms with Crippen molar-refractivity contribution in [2.24, 2.45) is 7.05 Å². The van der Waals surface area contributed by atoms with Crippen LogP contribution >= 0.6 is 0 Å². The molecule has 2 aromatic carbocycles. The number of nitrogens with zero attached hydrogens (tertiary/aromatic N) is 2. The Bertz CT molecular complexity index is 872. The minimum absolute atomic E-state index is 0.269. The van der Waals surface area contributed by atoms with Crippen LogP contribution < -0.4 is 5.32 Å². The fourth-order valence-electron chi connectivity index (χ4n) is 2.65. The Morgan fingerprint density at radius 1 is 1.21 bits per heavy atom. The van der Waals surface area contributed by atoms with Crippen molar-refractivity contribution >= 4 is 5.91 Å². The van der Waals surface area contributed by atoms with Crippen molar-refractivity contribution in [3.8, 4) is 0 Å². The first kappa shape index (κ1) is 15.9. The second-order valence-corrected chi connectivity index (χ2v) is 5.69. The summed E-state index contributed by atoms with van der Waals surface area (Å²) in [5.74, 6) is -0.0777. The van der Waals surface area contributed by atoms with Crippen LogP contribution in [0.5, 0.6) is 0 Å². The van der Waals surface area contributed by atoms with Gasteiger partial charge in [-0.05, 0) is 25.1 Å². The van der Waals surface area contributed by atoms with Gasteiger partial charge in [-0.1, -0.05) is 35.9 Å². The van der Waals surface area contributed by atoms with Crippen molar-refractivity contribution in [3.05, 3.63) is 89.3 Å². The van der Waals surface area contributed by atoms with Gasteiger partial charge in [0.2, 0.25) is 0 Å². The van der Waals surface area contributed by atoms with Gasteiger partial charge in [0.15, 0.2) is 0 Å². The van der Waals surface area contributed by atoms with E-state index < -0.39 is 6.04 Å². The molecule has 122 valence electrons. The zero-order valence-electron chi connectivity index (χ0n) is 13.5. The molecular weight excluding hydrogens is 305 g/mol. The lowest BCUT2D eigenvalue weighted by Gasteiger charge is -2.20. The molecule has 0 bridgehead atoms. The summed E-state index contributed by atoms with van der Waals surface area (Å²) in [6.45, 7) is 1.92. The van der Waals surface area contributed by atoms with E-state index in [1.165, 1.54) is 6.07 Å². The number of amides is 1. The van der Waals surface area contributed by atoms with Gasteiger partial charge in [-0.25, -0.2) is 9.37 Å². The van der Waals surface area contributed by atoms with Crippen LogP contribution in [-0.2, 0) is 7.05 Å². The Kier molecular flexibility index (Phi) is 4.42. The maximum Gasteiger partial charge on any atom is 0.252 e. The molecule has 1 amide bonds. The third-order valence-corrected chi connectivity index (χ3v) is 3.89. The van der Waals surface area contributed by atoms with Gasteiger partial charge >= 0.3 is 0 Å². The van der Waals surface area contributed by atoms with Gasteiger partial charge in [-0.2, -0.15) is 0 Å². The van der Waals surface area contributed by atoms with Crippen molar-refractivity contribution in [1.82, 2.24) is 14.9 Å². The number of rotatable bonds is 4. The summed E-state index contributed by atoms with van der Waals surface area (Å²) in [6, 6.07) is 13.0. The molecule has 0 saturated carbocycles. The van der Waals surface area contributed by atoms with Gasteiger partial charge < -0.3 is 9.88 Å². The molecule has 0 fully saturated rings. The molecule has 5 heteroatoms. The summed E-state index contributed by atoms with van der Waals surface area (Å²) in [7, 11) is 1.81. The fourth-order valence-corrected chi connectivity index (χ4v) is 2.65. The molecule has 0 spiro atoms. The largest absolute Gasteiger partial charge is 0.338 e. The number of halogens is 1. The number of benzene rings is 2. The van der Waals surface area contributed by atoms with Gasteiger partial charge in [0.25, 0.3) is 5.91 Å². The molecule has 0 aliphatic rings. The fraction of sp³-hybridized carbons (Fsp3) is 0.158. The average molecular weight is 323 g/mol. The first-order valence-electron chi connectivity index (χ1n) is 7.65. The van der Waals surface area contributed by atoms with E-state index in [9.17, 15) is 9.18 Å². The standard InChI is InChI=1S/C19H18FN3O/c1-13-6-5-7-14(12-13)19(24)22-17(18-21-10-11-23(18)2)15-8-3-4-9-16(15)20/h3-12,17H,1-2H3,(H,22,24). The number of aromatic nitrogens is 2. The minimum Gasteiger partial charge on any atom is -0.338 e. The van der Waals surface area contributed by atoms with Crippen molar-refractivity contribution in [1.29, 1.82) is 0 Å². The molecule has 3 aromatic rings. The van der Waals surface area contributed by atoms with Crippen LogP contribution in [0.15, 0.2) is 60.9 Å². The minimum atomic E-state index is -0.667. The first-order chi connectivity index (χ1) is 11.6. The van der Waals surface area contributed by atoms with Crippen LogP contribution in [0.2, 0.25) is 0 Å². The molecule has 1 heterocycles. The van der Waals surface area contributed by atoms with E-state index >= 15 is 0 Å². The summed E-state index contributed by atoms with van der Waals surface area (Å²) in [5.41, 5.74) is 1.90. The maximum absolute atomic E-state index is 14.3. The van der Waals surface area contributed by atoms with Crippen molar-refractivity contribution in [3.63, 3.8) is 0 Å². The lowest BCUT2D eigenvalue weighted by Crippen LogP contribution is -2.31. The average Bonchev–Trinajstić information content (AvgIpc) is 2.99. The normalized spacial score (nSPS) is 12.0. The lowest BCUT2D eigenvalue weighted by atomic mass is 10.0. The molecule has 0 aliphatic carbocycles. The van der Waals surface area contributed by atoms with Crippen LogP contribution in [0.3, 0.4) is 0 Å². The second-order valence-electron chi connectivity index (χ2n) is 5.69. The summed E-state index contributed by atoms with van der Waals surface area (Å²) in [6.07, 6.45) is 3.39. The Balaban J connectivity index is 1.98. The Hall–Kier alpha value is -2.95. The molecule has 1 atom stereocenters. The van der Waals surface area contributed by atoms with E-state index in [1.54, 1.807) is 47.3 Å². The Morgan fingerprint density at radius 3 is 2.67 bits per heavy atom. The van der Waals surface area contributed by atoms with Crippen LogP contribution in [0.4, 0.5) is 4.39 Å². The van der Waals surface area contributed by atoms with E-state index in [2.05, 4.69) is 10.3 Å². The number of carbonyl (C=O) groups excluding carboxylic acids is 1. The highest BCUT2D eigenvalue weighted by molar-refractivity contribution is 5.94. The number of aryl methyl sites for hydroxylation is 2. The number of imidazole rings is 1. The predicted octanol–water partition coefficient (Wildman–Crippen LogP) is 3.39. The predicted molar refractivity (Wildman–Crippen MR) is 90.1 cm³/mol. The quantitative estimate of drug-likeness (QED) is 0.800. The second kappa shape index (κ2) is 6.66. The lowest BCUT2D eigenvalue weighted by molar-refractivity contribution is 0.0940. The van der Waals surface area contributed by atoms with Crippen LogP contribution in [0.25, 0.3) is 0 Å². The maximum atomic E-state index is 14.3. The number of hydrogen-bond donors (Lipinski definition) is 1. The van der Waals surface area contributed by atoms with Crippen LogP contribution in [0.1, 0.15) is 33.4 Å². The zero-order valence-corrected chi connectivity index (χ0v) is 13.5. The molecule has 0 aliphatic heterocycles. The third-order valence-electron chi connectivity index (χ3n) is 3.89. The highest BCUT2D eigenvalue weighted by Crippen LogP contribution is 2.23. The van der Waals surface area contributed by atoms with Crippen molar-refractivity contribution in [2.75, 3.05) is 0 Å². The zero-order chi connectivity index (χ0) is 17.1. The molecule has 0 saturated heterocycles. The van der Waals surface area contributed by atoms with E-state index in [0.717, 1.165) is 5.56 Å². The number of carbonyl (C=O) groups is 1. The molecule has 1 unspecified atom stereocenters. The van der Waals surface area contributed by atoms with Crippen LogP contribution in [0, 0.1) is 12.7 Å². The van der Waals surface area contributed by atoms with Gasteiger partial charge in [-0.15, -0.1) is 0 Å². The highest BCUT2D eigenvalue weighted by atomic mass is 19.1. The summed E-state index contributed by atoms with van der Waals surface area (Å²) >= 11 is 0. The Labute approximate surface area is 140 Å². The molecular formula is C19H18FN3O. The van der Waals surface area contributed by atoms with E-state index in [4.69, 9.17) is 0 Å². The highest BCUT2D eigenvalue weighted by Gasteiger charge is 2.24. The Morgan fingerprint density at radius 2 is 2.00 bits per heavy atom.